The molecular formula is C14H18BrNO3. The second-order valence-electron chi connectivity index (χ2n) is 4.27. The van der Waals surface area contributed by atoms with E-state index in [4.69, 9.17) is 13.6 Å². The van der Waals surface area contributed by atoms with Gasteiger partial charge in [-0.3, -0.25) is 0 Å². The molecular weight excluding hydrogens is 310 g/mol. The van der Waals surface area contributed by atoms with Gasteiger partial charge in [0, 0.05) is 12.7 Å². The summed E-state index contributed by atoms with van der Waals surface area (Å²) < 4.78 is 16.9. The Morgan fingerprint density at radius 1 is 1.37 bits per heavy atom. The van der Waals surface area contributed by atoms with Crippen LogP contribution in [-0.4, -0.2) is 13.7 Å². The average Bonchev–Trinajstić information content (AvgIpc) is 3.01. The normalized spacial score (nSPS) is 12.8. The summed E-state index contributed by atoms with van der Waals surface area (Å²) >= 11 is 3.42. The zero-order valence-corrected chi connectivity index (χ0v) is 12.7. The van der Waals surface area contributed by atoms with Gasteiger partial charge < -0.3 is 18.9 Å². The highest BCUT2D eigenvalue weighted by atomic mass is 79.9. The molecule has 0 fully saturated rings. The maximum Gasteiger partial charge on any atom is 0.174 e. The summed E-state index contributed by atoms with van der Waals surface area (Å²) in [5, 5.41) is 3.46. The Bertz CT molecular complexity index is 506. The van der Waals surface area contributed by atoms with Crippen LogP contribution in [0.5, 0.6) is 0 Å². The van der Waals surface area contributed by atoms with Gasteiger partial charge in [-0.05, 0) is 47.1 Å². The maximum absolute atomic E-state index is 5.81. The van der Waals surface area contributed by atoms with Crippen LogP contribution in [0.1, 0.15) is 36.5 Å². The van der Waals surface area contributed by atoms with Crippen molar-refractivity contribution in [1.82, 2.24) is 5.32 Å². The summed E-state index contributed by atoms with van der Waals surface area (Å²) in [5.74, 6) is 1.68. The zero-order valence-electron chi connectivity index (χ0n) is 11.1. The SMILES string of the molecule is CCCNC(c1ccc(COC)o1)c1ccoc1Br. The molecule has 0 aromatic carbocycles. The van der Waals surface area contributed by atoms with Gasteiger partial charge in [0.15, 0.2) is 4.67 Å². The Morgan fingerprint density at radius 3 is 2.84 bits per heavy atom. The number of furan rings is 2. The van der Waals surface area contributed by atoms with Gasteiger partial charge in [-0.1, -0.05) is 6.92 Å². The van der Waals surface area contributed by atoms with Gasteiger partial charge in [0.1, 0.15) is 18.1 Å². The summed E-state index contributed by atoms with van der Waals surface area (Å²) in [6.45, 7) is 3.52. The van der Waals surface area contributed by atoms with Crippen molar-refractivity contribution in [2.24, 2.45) is 0 Å². The summed E-state index contributed by atoms with van der Waals surface area (Å²) in [4.78, 5) is 0. The van der Waals surface area contributed by atoms with Gasteiger partial charge in [0.25, 0.3) is 0 Å². The lowest BCUT2D eigenvalue weighted by atomic mass is 10.1. The van der Waals surface area contributed by atoms with Crippen LogP contribution in [0.25, 0.3) is 0 Å². The third-order valence-electron chi connectivity index (χ3n) is 2.81. The largest absolute Gasteiger partial charge is 0.462 e. The molecule has 0 saturated heterocycles. The second-order valence-corrected chi connectivity index (χ2v) is 4.99. The minimum atomic E-state index is -0.0151. The molecule has 5 heteroatoms. The molecule has 4 nitrogen and oxygen atoms in total. The summed E-state index contributed by atoms with van der Waals surface area (Å²) in [5.41, 5.74) is 1.03. The first-order chi connectivity index (χ1) is 9.26. The lowest BCUT2D eigenvalue weighted by molar-refractivity contribution is 0.162. The van der Waals surface area contributed by atoms with Crippen LogP contribution in [0.2, 0.25) is 0 Å². The van der Waals surface area contributed by atoms with E-state index in [1.165, 1.54) is 0 Å². The third-order valence-corrected chi connectivity index (χ3v) is 3.45. The third kappa shape index (κ3) is 3.49. The Kier molecular flexibility index (Phi) is 5.24. The van der Waals surface area contributed by atoms with Crippen molar-refractivity contribution < 1.29 is 13.6 Å². The van der Waals surface area contributed by atoms with E-state index in [-0.39, 0.29) is 6.04 Å². The fourth-order valence-electron chi connectivity index (χ4n) is 1.93. The molecule has 0 aliphatic heterocycles. The zero-order chi connectivity index (χ0) is 13.7. The molecule has 1 atom stereocenters. The molecule has 104 valence electrons. The predicted octanol–water partition coefficient (Wildman–Crippen LogP) is 3.87. The minimum absolute atomic E-state index is 0.0151. The first-order valence-electron chi connectivity index (χ1n) is 6.30. The molecule has 0 amide bonds. The fraction of sp³-hybridized carbons (Fsp3) is 0.429. The number of methoxy groups -OCH3 is 1. The predicted molar refractivity (Wildman–Crippen MR) is 76.0 cm³/mol. The van der Waals surface area contributed by atoms with E-state index in [1.54, 1.807) is 13.4 Å². The van der Waals surface area contributed by atoms with Gasteiger partial charge in [-0.2, -0.15) is 0 Å². The molecule has 2 heterocycles. The quantitative estimate of drug-likeness (QED) is 0.838. The molecule has 1 N–H and O–H groups in total. The highest BCUT2D eigenvalue weighted by Crippen LogP contribution is 2.30. The van der Waals surface area contributed by atoms with Crippen LogP contribution in [0.4, 0.5) is 0 Å². The van der Waals surface area contributed by atoms with E-state index >= 15 is 0 Å². The van der Waals surface area contributed by atoms with Gasteiger partial charge in [-0.15, -0.1) is 0 Å². The van der Waals surface area contributed by atoms with E-state index in [1.807, 2.05) is 18.2 Å². The molecule has 0 radical (unpaired) electrons. The number of ether oxygens (including phenoxy) is 1. The van der Waals surface area contributed by atoms with Gasteiger partial charge in [-0.25, -0.2) is 0 Å². The number of nitrogens with one attached hydrogen (secondary N) is 1. The smallest absolute Gasteiger partial charge is 0.174 e. The van der Waals surface area contributed by atoms with Gasteiger partial charge in [0.2, 0.25) is 0 Å². The van der Waals surface area contributed by atoms with Crippen molar-refractivity contribution in [2.75, 3.05) is 13.7 Å². The number of hydrogen-bond donors (Lipinski definition) is 1. The molecule has 0 saturated carbocycles. The molecule has 2 aromatic rings. The maximum atomic E-state index is 5.81. The lowest BCUT2D eigenvalue weighted by Gasteiger charge is -2.15. The molecule has 19 heavy (non-hydrogen) atoms. The Morgan fingerprint density at radius 2 is 2.21 bits per heavy atom. The van der Waals surface area contributed by atoms with Crippen molar-refractivity contribution in [3.8, 4) is 0 Å². The van der Waals surface area contributed by atoms with E-state index in [0.29, 0.717) is 6.61 Å². The molecule has 2 aromatic heterocycles. The Hall–Kier alpha value is -1.04. The van der Waals surface area contributed by atoms with Crippen LogP contribution in [0.15, 0.2) is 38.0 Å². The van der Waals surface area contributed by atoms with Crippen molar-refractivity contribution in [3.05, 3.63) is 46.2 Å². The summed E-state index contributed by atoms with van der Waals surface area (Å²) in [7, 11) is 1.65. The van der Waals surface area contributed by atoms with Crippen LogP contribution < -0.4 is 5.32 Å². The Balaban J connectivity index is 2.23. The van der Waals surface area contributed by atoms with Crippen molar-refractivity contribution in [1.29, 1.82) is 0 Å². The van der Waals surface area contributed by atoms with E-state index < -0.39 is 0 Å². The lowest BCUT2D eigenvalue weighted by Crippen LogP contribution is -2.22. The topological polar surface area (TPSA) is 47.5 Å². The van der Waals surface area contributed by atoms with E-state index in [2.05, 4.69) is 28.2 Å². The summed E-state index contributed by atoms with van der Waals surface area (Å²) in [6.07, 6.45) is 2.72. The van der Waals surface area contributed by atoms with Crippen LogP contribution in [-0.2, 0) is 11.3 Å². The Labute approximate surface area is 121 Å². The molecule has 2 rings (SSSR count). The van der Waals surface area contributed by atoms with Gasteiger partial charge >= 0.3 is 0 Å². The summed E-state index contributed by atoms with van der Waals surface area (Å²) in [6, 6.07) is 5.84. The van der Waals surface area contributed by atoms with E-state index in [0.717, 1.165) is 34.7 Å². The molecule has 0 aliphatic carbocycles. The monoisotopic (exact) mass is 327 g/mol. The van der Waals surface area contributed by atoms with Crippen molar-refractivity contribution >= 4 is 15.9 Å². The van der Waals surface area contributed by atoms with Crippen LogP contribution >= 0.6 is 15.9 Å². The fourth-order valence-corrected chi connectivity index (χ4v) is 2.40. The van der Waals surface area contributed by atoms with Crippen LogP contribution in [0.3, 0.4) is 0 Å². The second kappa shape index (κ2) is 6.93. The van der Waals surface area contributed by atoms with Crippen molar-refractivity contribution in [2.45, 2.75) is 26.0 Å². The number of rotatable bonds is 7. The standard InChI is InChI=1S/C14H18BrNO3/c1-3-7-16-13(11-6-8-18-14(11)15)12-5-4-10(19-12)9-17-2/h4-6,8,13,16H,3,7,9H2,1-2H3. The highest BCUT2D eigenvalue weighted by Gasteiger charge is 2.21. The molecule has 0 spiro atoms. The molecule has 0 aliphatic rings. The molecule has 1 unspecified atom stereocenters. The van der Waals surface area contributed by atoms with E-state index in [9.17, 15) is 0 Å². The van der Waals surface area contributed by atoms with Gasteiger partial charge in [0.05, 0.1) is 12.3 Å². The first kappa shape index (κ1) is 14.4. The average molecular weight is 328 g/mol. The minimum Gasteiger partial charge on any atom is -0.462 e. The first-order valence-corrected chi connectivity index (χ1v) is 7.09. The number of halogens is 1. The van der Waals surface area contributed by atoms with Crippen molar-refractivity contribution in [3.63, 3.8) is 0 Å². The number of hydrogen-bond acceptors (Lipinski definition) is 4. The molecule has 0 bridgehead atoms. The highest BCUT2D eigenvalue weighted by molar-refractivity contribution is 9.10. The van der Waals surface area contributed by atoms with Crippen LogP contribution in [0, 0.1) is 0 Å².